The average Bonchev–Trinajstić information content (AvgIpc) is 3.41. The van der Waals surface area contributed by atoms with Crippen molar-refractivity contribution in [1.82, 2.24) is 19.7 Å². The number of hydrogen-bond acceptors (Lipinski definition) is 9. The summed E-state index contributed by atoms with van der Waals surface area (Å²) < 4.78 is 12.9. The molecule has 0 radical (unpaired) electrons. The molecule has 0 aliphatic carbocycles. The fraction of sp³-hybridized carbons (Fsp3) is 0.370. The van der Waals surface area contributed by atoms with Gasteiger partial charge in [0.05, 0.1) is 23.3 Å². The molecular weight excluding hydrogens is 538 g/mol. The molecule has 1 N–H and O–H groups in total. The van der Waals surface area contributed by atoms with Crippen molar-refractivity contribution in [1.29, 1.82) is 0 Å². The van der Waals surface area contributed by atoms with Gasteiger partial charge in [0.2, 0.25) is 5.91 Å². The quantitative estimate of drug-likeness (QED) is 0.198. The van der Waals surface area contributed by atoms with Crippen LogP contribution < -0.4 is 10.1 Å². The second-order valence-electron chi connectivity index (χ2n) is 9.11. The van der Waals surface area contributed by atoms with Crippen LogP contribution in [0.1, 0.15) is 55.6 Å². The lowest BCUT2D eigenvalue weighted by atomic mass is 10.1. The van der Waals surface area contributed by atoms with Gasteiger partial charge < -0.3 is 19.7 Å². The van der Waals surface area contributed by atoms with Crippen molar-refractivity contribution in [2.24, 2.45) is 0 Å². The number of amides is 2. The Hall–Kier alpha value is -3.64. The van der Waals surface area contributed by atoms with Gasteiger partial charge in [-0.15, -0.1) is 28.1 Å². The molecule has 39 heavy (non-hydrogen) atoms. The molecule has 208 valence electrons. The van der Waals surface area contributed by atoms with Crippen LogP contribution in [0.5, 0.6) is 5.75 Å². The maximum absolute atomic E-state index is 12.9. The van der Waals surface area contributed by atoms with Gasteiger partial charge in [-0.3, -0.25) is 14.2 Å². The Bertz CT molecular complexity index is 1380. The highest BCUT2D eigenvalue weighted by Gasteiger charge is 2.27. The zero-order chi connectivity index (χ0) is 28.9. The van der Waals surface area contributed by atoms with E-state index in [-0.39, 0.29) is 28.1 Å². The first-order chi connectivity index (χ1) is 18.5. The molecule has 0 aliphatic rings. The van der Waals surface area contributed by atoms with Crippen molar-refractivity contribution in [2.75, 3.05) is 32.3 Å². The van der Waals surface area contributed by atoms with E-state index in [1.165, 1.54) is 23.8 Å². The number of nitrogens with one attached hydrogen (secondary N) is 1. The van der Waals surface area contributed by atoms with E-state index in [0.29, 0.717) is 28.0 Å². The predicted molar refractivity (Wildman–Crippen MR) is 153 cm³/mol. The van der Waals surface area contributed by atoms with Crippen LogP contribution in [0.3, 0.4) is 0 Å². The zero-order valence-electron chi connectivity index (χ0n) is 23.2. The lowest BCUT2D eigenvalue weighted by Gasteiger charge is -2.16. The number of anilines is 1. The molecule has 0 bridgehead atoms. The van der Waals surface area contributed by atoms with Gasteiger partial charge in [0, 0.05) is 20.6 Å². The van der Waals surface area contributed by atoms with E-state index >= 15 is 0 Å². The first-order valence-electron chi connectivity index (χ1n) is 12.1. The van der Waals surface area contributed by atoms with Gasteiger partial charge in [0.1, 0.15) is 10.8 Å². The largest absolute Gasteiger partial charge is 0.483 e. The van der Waals surface area contributed by atoms with Crippen molar-refractivity contribution < 1.29 is 23.9 Å². The van der Waals surface area contributed by atoms with Gasteiger partial charge in [-0.1, -0.05) is 23.9 Å². The number of rotatable bonds is 11. The zero-order valence-corrected chi connectivity index (χ0v) is 24.8. The number of esters is 1. The molecule has 0 saturated heterocycles. The molecule has 0 aliphatic heterocycles. The Balaban J connectivity index is 1.77. The molecule has 0 fully saturated rings. The van der Waals surface area contributed by atoms with Crippen molar-refractivity contribution in [2.45, 2.75) is 45.5 Å². The minimum absolute atomic E-state index is 0.00386. The number of nitrogens with zero attached hydrogens (tertiary/aromatic N) is 4. The van der Waals surface area contributed by atoms with Crippen LogP contribution in [0.2, 0.25) is 0 Å². The monoisotopic (exact) mass is 571 g/mol. The van der Waals surface area contributed by atoms with Crippen LogP contribution >= 0.6 is 23.1 Å². The van der Waals surface area contributed by atoms with Gasteiger partial charge in [-0.25, -0.2) is 4.79 Å². The van der Waals surface area contributed by atoms with Gasteiger partial charge in [0.15, 0.2) is 17.1 Å². The predicted octanol–water partition coefficient (Wildman–Crippen LogP) is 4.81. The van der Waals surface area contributed by atoms with Crippen LogP contribution in [-0.2, 0) is 16.1 Å². The van der Waals surface area contributed by atoms with Crippen molar-refractivity contribution in [3.63, 3.8) is 0 Å². The number of carbonyl (C=O) groups excluding carboxylic acids is 3. The van der Waals surface area contributed by atoms with Crippen molar-refractivity contribution >= 4 is 45.9 Å². The SMILES string of the molecule is C=CCn1c(SCC(=O)Nc2sc(C(=O)N(C)C)c(C)c2C(=O)OC)nnc1C(C)Oc1cc(C)cc(C)c1. The maximum atomic E-state index is 12.9. The maximum Gasteiger partial charge on any atom is 0.341 e. The summed E-state index contributed by atoms with van der Waals surface area (Å²) >= 11 is 2.24. The topological polar surface area (TPSA) is 116 Å². The summed E-state index contributed by atoms with van der Waals surface area (Å²) in [5.74, 6) is 0.0740. The van der Waals surface area contributed by atoms with Crippen LogP contribution in [0.15, 0.2) is 36.0 Å². The van der Waals surface area contributed by atoms with Crippen LogP contribution in [0.25, 0.3) is 0 Å². The minimum atomic E-state index is -0.627. The van der Waals surface area contributed by atoms with E-state index < -0.39 is 12.1 Å². The van der Waals surface area contributed by atoms with Crippen molar-refractivity contribution in [3.05, 3.63) is 63.8 Å². The summed E-state index contributed by atoms with van der Waals surface area (Å²) in [6, 6.07) is 6.00. The average molecular weight is 572 g/mol. The van der Waals surface area contributed by atoms with E-state index in [9.17, 15) is 14.4 Å². The van der Waals surface area contributed by atoms with Crippen molar-refractivity contribution in [3.8, 4) is 5.75 Å². The standard InChI is InChI=1S/C27H33N5O5S2/c1-9-10-32-23(18(5)37-19-12-15(2)11-16(3)13-19)29-30-27(32)38-14-20(33)28-24-21(26(35)36-8)17(4)22(39-24)25(34)31(6)7/h9,11-13,18H,1,10,14H2,2-8H3,(H,28,33). The molecule has 2 amide bonds. The molecule has 0 saturated carbocycles. The number of hydrogen-bond donors (Lipinski definition) is 1. The summed E-state index contributed by atoms with van der Waals surface area (Å²) in [5.41, 5.74) is 2.82. The summed E-state index contributed by atoms with van der Waals surface area (Å²) in [6.45, 7) is 11.8. The number of aryl methyl sites for hydroxylation is 2. The van der Waals surface area contributed by atoms with E-state index in [2.05, 4.69) is 28.2 Å². The molecule has 3 aromatic rings. The third kappa shape index (κ3) is 7.07. The molecule has 2 heterocycles. The number of methoxy groups -OCH3 is 1. The highest BCUT2D eigenvalue weighted by molar-refractivity contribution is 7.99. The summed E-state index contributed by atoms with van der Waals surface area (Å²) in [5, 5.41) is 12.1. The molecule has 1 unspecified atom stereocenters. The Labute approximate surface area is 236 Å². The van der Waals surface area contributed by atoms with E-state index in [1.807, 2.05) is 37.5 Å². The highest BCUT2D eigenvalue weighted by atomic mass is 32.2. The Kier molecular flexibility index (Phi) is 9.92. The molecule has 0 spiro atoms. The fourth-order valence-corrected chi connectivity index (χ4v) is 5.90. The van der Waals surface area contributed by atoms with Gasteiger partial charge in [-0.05, 0) is 56.5 Å². The molecule has 3 rings (SSSR count). The van der Waals surface area contributed by atoms with Gasteiger partial charge in [0.25, 0.3) is 5.91 Å². The van der Waals surface area contributed by atoms with Crippen LogP contribution in [0.4, 0.5) is 5.00 Å². The minimum Gasteiger partial charge on any atom is -0.483 e. The smallest absolute Gasteiger partial charge is 0.341 e. The lowest BCUT2D eigenvalue weighted by molar-refractivity contribution is -0.113. The Morgan fingerprint density at radius 2 is 1.85 bits per heavy atom. The summed E-state index contributed by atoms with van der Waals surface area (Å²) in [7, 11) is 4.49. The molecule has 12 heteroatoms. The normalized spacial score (nSPS) is 11.6. The molecular formula is C27H33N5O5S2. The van der Waals surface area contributed by atoms with Crippen LogP contribution in [-0.4, -0.2) is 64.4 Å². The first-order valence-corrected chi connectivity index (χ1v) is 13.9. The van der Waals surface area contributed by atoms with Gasteiger partial charge >= 0.3 is 5.97 Å². The molecule has 10 nitrogen and oxygen atoms in total. The number of allylic oxidation sites excluding steroid dienone is 1. The highest BCUT2D eigenvalue weighted by Crippen LogP contribution is 2.35. The third-order valence-electron chi connectivity index (χ3n) is 5.65. The number of ether oxygens (including phenoxy) is 2. The number of benzene rings is 1. The number of thiophene rings is 1. The van der Waals surface area contributed by atoms with E-state index in [1.54, 1.807) is 27.1 Å². The second-order valence-corrected chi connectivity index (χ2v) is 11.1. The Morgan fingerprint density at radius 1 is 1.18 bits per heavy atom. The number of aromatic nitrogens is 3. The van der Waals surface area contributed by atoms with Crippen LogP contribution in [0, 0.1) is 20.8 Å². The van der Waals surface area contributed by atoms with Gasteiger partial charge in [-0.2, -0.15) is 0 Å². The first kappa shape index (κ1) is 29.9. The summed E-state index contributed by atoms with van der Waals surface area (Å²) in [4.78, 5) is 39.7. The number of carbonyl (C=O) groups is 3. The third-order valence-corrected chi connectivity index (χ3v) is 7.81. The second kappa shape index (κ2) is 12.9. The van der Waals surface area contributed by atoms with E-state index in [4.69, 9.17) is 9.47 Å². The fourth-order valence-electron chi connectivity index (χ4n) is 3.92. The molecule has 1 atom stereocenters. The molecule has 2 aromatic heterocycles. The summed E-state index contributed by atoms with van der Waals surface area (Å²) in [6.07, 6.45) is 1.33. The molecule has 1 aromatic carbocycles. The lowest BCUT2D eigenvalue weighted by Crippen LogP contribution is -2.21. The Morgan fingerprint density at radius 3 is 2.44 bits per heavy atom. The number of thioether (sulfide) groups is 1. The van der Waals surface area contributed by atoms with E-state index in [0.717, 1.165) is 28.2 Å².